The predicted molar refractivity (Wildman–Crippen MR) is 95.0 cm³/mol. The topological polar surface area (TPSA) is 104 Å². The van der Waals surface area contributed by atoms with Crippen LogP contribution in [0.3, 0.4) is 0 Å². The van der Waals surface area contributed by atoms with E-state index in [1.165, 1.54) is 13.3 Å². The standard InChI is InChI=1S/C15H18BrN3O4S/c1-4-19-15(23-2)10(7-18-19)14(20)9-5-6-12(16)13(17)11(9)8-24(3,21)22/h5-7H,4,8,17H2,1-3H3. The number of anilines is 1. The molecule has 0 aliphatic heterocycles. The Hall–Kier alpha value is -1.87. The molecule has 2 aromatic rings. The second kappa shape index (κ2) is 6.94. The van der Waals surface area contributed by atoms with Gasteiger partial charge in [0.1, 0.15) is 5.56 Å². The van der Waals surface area contributed by atoms with Crippen molar-refractivity contribution in [3.63, 3.8) is 0 Å². The van der Waals surface area contributed by atoms with E-state index in [9.17, 15) is 13.2 Å². The minimum atomic E-state index is -3.37. The van der Waals surface area contributed by atoms with Crippen LogP contribution in [0.25, 0.3) is 0 Å². The van der Waals surface area contributed by atoms with Gasteiger partial charge in [0.25, 0.3) is 0 Å². The fourth-order valence-corrected chi connectivity index (χ4v) is 3.59. The van der Waals surface area contributed by atoms with Gasteiger partial charge in [-0.15, -0.1) is 0 Å². The molecular weight excluding hydrogens is 398 g/mol. The Bertz CT molecular complexity index is 890. The zero-order chi connectivity index (χ0) is 18.1. The van der Waals surface area contributed by atoms with E-state index < -0.39 is 9.84 Å². The highest BCUT2D eigenvalue weighted by Gasteiger charge is 2.24. The number of ether oxygens (including phenoxy) is 1. The summed E-state index contributed by atoms with van der Waals surface area (Å²) >= 11 is 3.26. The fourth-order valence-electron chi connectivity index (χ4n) is 2.38. The van der Waals surface area contributed by atoms with E-state index >= 15 is 0 Å². The van der Waals surface area contributed by atoms with Gasteiger partial charge in [-0.05, 0) is 35.0 Å². The number of rotatable bonds is 6. The number of carbonyl (C=O) groups is 1. The third-order valence-corrected chi connectivity index (χ3v) is 4.99. The zero-order valence-electron chi connectivity index (χ0n) is 13.5. The Labute approximate surface area is 148 Å². The highest BCUT2D eigenvalue weighted by Crippen LogP contribution is 2.31. The molecule has 0 atom stereocenters. The summed E-state index contributed by atoms with van der Waals surface area (Å²) in [5.74, 6) is -0.387. The molecule has 0 fully saturated rings. The molecule has 24 heavy (non-hydrogen) atoms. The molecular formula is C15H18BrN3O4S. The Balaban J connectivity index is 2.62. The van der Waals surface area contributed by atoms with Crippen molar-refractivity contribution in [1.82, 2.24) is 9.78 Å². The van der Waals surface area contributed by atoms with Crippen LogP contribution in [0, 0.1) is 0 Å². The number of ketones is 1. The summed E-state index contributed by atoms with van der Waals surface area (Å²) in [6, 6.07) is 3.16. The van der Waals surface area contributed by atoms with Crippen molar-refractivity contribution < 1.29 is 17.9 Å². The van der Waals surface area contributed by atoms with Gasteiger partial charge >= 0.3 is 0 Å². The smallest absolute Gasteiger partial charge is 0.223 e. The molecule has 0 aliphatic carbocycles. The van der Waals surface area contributed by atoms with Crippen LogP contribution in [-0.2, 0) is 22.1 Å². The first-order chi connectivity index (χ1) is 11.2. The van der Waals surface area contributed by atoms with Crippen LogP contribution in [0.15, 0.2) is 22.8 Å². The minimum absolute atomic E-state index is 0.218. The van der Waals surface area contributed by atoms with Crippen molar-refractivity contribution in [2.45, 2.75) is 19.2 Å². The first-order valence-electron chi connectivity index (χ1n) is 7.08. The Morgan fingerprint density at radius 3 is 2.58 bits per heavy atom. The average Bonchev–Trinajstić information content (AvgIpc) is 2.93. The summed E-state index contributed by atoms with van der Waals surface area (Å²) in [4.78, 5) is 12.9. The number of nitrogens with two attached hydrogens (primary N) is 1. The molecule has 130 valence electrons. The summed E-state index contributed by atoms with van der Waals surface area (Å²) in [6.45, 7) is 2.41. The van der Waals surface area contributed by atoms with Gasteiger partial charge in [-0.2, -0.15) is 5.10 Å². The molecule has 7 nitrogen and oxygen atoms in total. The number of halogens is 1. The monoisotopic (exact) mass is 415 g/mol. The molecule has 0 spiro atoms. The highest BCUT2D eigenvalue weighted by atomic mass is 79.9. The van der Waals surface area contributed by atoms with Gasteiger partial charge < -0.3 is 10.5 Å². The number of nitrogen functional groups attached to an aromatic ring is 1. The van der Waals surface area contributed by atoms with Crippen LogP contribution in [0.2, 0.25) is 0 Å². The molecule has 1 aromatic heterocycles. The molecule has 2 N–H and O–H groups in total. The second-order valence-corrected chi connectivity index (χ2v) is 8.26. The van der Waals surface area contributed by atoms with Crippen molar-refractivity contribution in [2.24, 2.45) is 0 Å². The highest BCUT2D eigenvalue weighted by molar-refractivity contribution is 9.10. The van der Waals surface area contributed by atoms with Gasteiger partial charge in [0.05, 0.1) is 24.7 Å². The molecule has 1 heterocycles. The molecule has 0 unspecified atom stereocenters. The lowest BCUT2D eigenvalue weighted by atomic mass is 9.99. The maximum Gasteiger partial charge on any atom is 0.223 e. The van der Waals surface area contributed by atoms with Gasteiger partial charge in [0.15, 0.2) is 15.6 Å². The van der Waals surface area contributed by atoms with Crippen molar-refractivity contribution in [3.05, 3.63) is 39.5 Å². The largest absolute Gasteiger partial charge is 0.481 e. The van der Waals surface area contributed by atoms with Gasteiger partial charge in [-0.3, -0.25) is 4.79 Å². The van der Waals surface area contributed by atoms with Crippen LogP contribution in [-0.4, -0.2) is 37.3 Å². The molecule has 1 aromatic carbocycles. The third kappa shape index (κ3) is 3.62. The van der Waals surface area contributed by atoms with E-state index in [1.54, 1.807) is 16.8 Å². The SMILES string of the molecule is CCn1ncc(C(=O)c2ccc(Br)c(N)c2CS(C)(=O)=O)c1OC. The number of benzene rings is 1. The number of nitrogens with zero attached hydrogens (tertiary/aromatic N) is 2. The summed E-state index contributed by atoms with van der Waals surface area (Å²) < 4.78 is 30.8. The lowest BCUT2D eigenvalue weighted by Gasteiger charge is -2.13. The molecule has 0 saturated heterocycles. The number of carbonyl (C=O) groups excluding carboxylic acids is 1. The maximum atomic E-state index is 12.9. The van der Waals surface area contributed by atoms with E-state index in [0.29, 0.717) is 16.9 Å². The van der Waals surface area contributed by atoms with Crippen molar-refractivity contribution >= 4 is 37.2 Å². The Morgan fingerprint density at radius 1 is 1.38 bits per heavy atom. The van der Waals surface area contributed by atoms with Crippen LogP contribution in [0.5, 0.6) is 5.88 Å². The van der Waals surface area contributed by atoms with Gasteiger partial charge in [0.2, 0.25) is 5.88 Å². The summed E-state index contributed by atoms with van der Waals surface area (Å²) in [6.07, 6.45) is 2.50. The van der Waals surface area contributed by atoms with E-state index in [-0.39, 0.29) is 33.9 Å². The second-order valence-electron chi connectivity index (χ2n) is 5.27. The lowest BCUT2D eigenvalue weighted by Crippen LogP contribution is -2.13. The number of sulfone groups is 1. The molecule has 0 saturated carbocycles. The third-order valence-electron chi connectivity index (χ3n) is 3.48. The van der Waals surface area contributed by atoms with Crippen molar-refractivity contribution in [1.29, 1.82) is 0 Å². The molecule has 0 radical (unpaired) electrons. The number of aryl methyl sites for hydroxylation is 1. The number of hydrogen-bond donors (Lipinski definition) is 1. The van der Waals surface area contributed by atoms with Crippen LogP contribution >= 0.6 is 15.9 Å². The first-order valence-corrected chi connectivity index (χ1v) is 9.94. The summed E-state index contributed by atoms with van der Waals surface area (Å²) in [7, 11) is -1.92. The van der Waals surface area contributed by atoms with E-state index in [4.69, 9.17) is 10.5 Å². The minimum Gasteiger partial charge on any atom is -0.481 e. The maximum absolute atomic E-state index is 12.9. The zero-order valence-corrected chi connectivity index (χ0v) is 15.9. The number of hydrogen-bond acceptors (Lipinski definition) is 6. The van der Waals surface area contributed by atoms with Gasteiger partial charge in [-0.25, -0.2) is 13.1 Å². The normalized spacial score (nSPS) is 11.5. The summed E-state index contributed by atoms with van der Waals surface area (Å²) in [5, 5.41) is 4.11. The van der Waals surface area contributed by atoms with Crippen LogP contribution < -0.4 is 10.5 Å². The Kier molecular flexibility index (Phi) is 5.34. The van der Waals surface area contributed by atoms with E-state index in [0.717, 1.165) is 6.26 Å². The van der Waals surface area contributed by atoms with E-state index in [1.807, 2.05) is 6.92 Å². The molecule has 0 bridgehead atoms. The molecule has 2 rings (SSSR count). The Morgan fingerprint density at radius 2 is 2.04 bits per heavy atom. The lowest BCUT2D eigenvalue weighted by molar-refractivity contribution is 0.103. The molecule has 0 aliphatic rings. The van der Waals surface area contributed by atoms with Gasteiger partial charge in [-0.1, -0.05) is 0 Å². The van der Waals surface area contributed by atoms with Crippen molar-refractivity contribution in [3.8, 4) is 5.88 Å². The van der Waals surface area contributed by atoms with Crippen molar-refractivity contribution in [2.75, 3.05) is 19.1 Å². The number of aromatic nitrogens is 2. The predicted octanol–water partition coefficient (Wildman–Crippen LogP) is 2.03. The number of methoxy groups -OCH3 is 1. The molecule has 9 heteroatoms. The van der Waals surface area contributed by atoms with Crippen LogP contribution in [0.4, 0.5) is 5.69 Å². The van der Waals surface area contributed by atoms with E-state index in [2.05, 4.69) is 21.0 Å². The average molecular weight is 416 g/mol. The first kappa shape index (κ1) is 18.5. The van der Waals surface area contributed by atoms with Crippen LogP contribution in [0.1, 0.15) is 28.4 Å². The summed E-state index contributed by atoms with van der Waals surface area (Å²) in [5.41, 5.74) is 6.97. The fraction of sp³-hybridized carbons (Fsp3) is 0.333. The molecule has 0 amide bonds. The quantitative estimate of drug-likeness (QED) is 0.571. The van der Waals surface area contributed by atoms with Gasteiger partial charge in [0, 0.05) is 28.4 Å².